The van der Waals surface area contributed by atoms with Gasteiger partial charge in [0.15, 0.2) is 0 Å². The molecule has 0 radical (unpaired) electrons. The Morgan fingerprint density at radius 3 is 2.44 bits per heavy atom. The molecule has 0 aromatic heterocycles. The Morgan fingerprint density at radius 1 is 1.12 bits per heavy atom. The van der Waals surface area contributed by atoms with Gasteiger partial charge in [0.1, 0.15) is 0 Å². The van der Waals surface area contributed by atoms with Crippen LogP contribution in [-0.4, -0.2) is 49.2 Å². The third kappa shape index (κ3) is 7.26. The average Bonchev–Trinajstić information content (AvgIpc) is 2.64. The SMILES string of the molecule is C/C(CCC(C)C)=N\NC(=O)CCN1CCN(c2ccccc2)CC1. The molecule has 1 aliphatic rings. The molecule has 5 heteroatoms. The molecule has 1 heterocycles. The summed E-state index contributed by atoms with van der Waals surface area (Å²) in [6, 6.07) is 10.5. The van der Waals surface area contributed by atoms with E-state index in [4.69, 9.17) is 0 Å². The number of hydrogen-bond donors (Lipinski definition) is 1. The summed E-state index contributed by atoms with van der Waals surface area (Å²) >= 11 is 0. The van der Waals surface area contributed by atoms with Crippen molar-refractivity contribution < 1.29 is 4.79 Å². The van der Waals surface area contributed by atoms with E-state index in [1.54, 1.807) is 0 Å². The zero-order valence-corrected chi connectivity index (χ0v) is 15.9. The van der Waals surface area contributed by atoms with E-state index in [9.17, 15) is 4.79 Å². The summed E-state index contributed by atoms with van der Waals surface area (Å²) in [5, 5.41) is 4.20. The molecule has 0 bridgehead atoms. The smallest absolute Gasteiger partial charge is 0.241 e. The van der Waals surface area contributed by atoms with Crippen LogP contribution in [0.4, 0.5) is 5.69 Å². The highest BCUT2D eigenvalue weighted by atomic mass is 16.2. The van der Waals surface area contributed by atoms with Crippen LogP contribution in [0.3, 0.4) is 0 Å². The Labute approximate surface area is 152 Å². The van der Waals surface area contributed by atoms with E-state index >= 15 is 0 Å². The first kappa shape index (κ1) is 19.4. The van der Waals surface area contributed by atoms with Gasteiger partial charge in [-0.2, -0.15) is 5.10 Å². The summed E-state index contributed by atoms with van der Waals surface area (Å²) in [4.78, 5) is 16.7. The van der Waals surface area contributed by atoms with Crippen LogP contribution in [0.15, 0.2) is 35.4 Å². The summed E-state index contributed by atoms with van der Waals surface area (Å²) < 4.78 is 0. The molecule has 25 heavy (non-hydrogen) atoms. The highest BCUT2D eigenvalue weighted by Crippen LogP contribution is 2.15. The maximum atomic E-state index is 12.0. The molecule has 1 fully saturated rings. The van der Waals surface area contributed by atoms with E-state index in [2.05, 4.69) is 58.4 Å². The second-order valence-electron chi connectivity index (χ2n) is 7.23. The van der Waals surface area contributed by atoms with Crippen molar-refractivity contribution >= 4 is 17.3 Å². The predicted molar refractivity (Wildman–Crippen MR) is 105 cm³/mol. The lowest BCUT2D eigenvalue weighted by Gasteiger charge is -2.36. The van der Waals surface area contributed by atoms with Crippen molar-refractivity contribution in [1.82, 2.24) is 10.3 Å². The molecule has 2 rings (SSSR count). The molecule has 0 saturated carbocycles. The maximum absolute atomic E-state index is 12.0. The van der Waals surface area contributed by atoms with Crippen molar-refractivity contribution in [2.24, 2.45) is 11.0 Å². The van der Waals surface area contributed by atoms with Gasteiger partial charge in [0, 0.05) is 50.5 Å². The van der Waals surface area contributed by atoms with Gasteiger partial charge in [-0.05, 0) is 37.8 Å². The molecule has 0 unspecified atom stereocenters. The fourth-order valence-electron chi connectivity index (χ4n) is 2.90. The van der Waals surface area contributed by atoms with Crippen molar-refractivity contribution in [2.75, 3.05) is 37.6 Å². The van der Waals surface area contributed by atoms with Crippen molar-refractivity contribution in [2.45, 2.75) is 40.0 Å². The number of carbonyl (C=O) groups is 1. The van der Waals surface area contributed by atoms with Gasteiger partial charge in [-0.25, -0.2) is 5.43 Å². The first-order valence-corrected chi connectivity index (χ1v) is 9.39. The molecule has 0 spiro atoms. The van der Waals surface area contributed by atoms with Gasteiger partial charge in [-0.1, -0.05) is 32.0 Å². The van der Waals surface area contributed by atoms with Crippen molar-refractivity contribution in [3.63, 3.8) is 0 Å². The topological polar surface area (TPSA) is 47.9 Å². The van der Waals surface area contributed by atoms with E-state index in [0.717, 1.165) is 51.3 Å². The van der Waals surface area contributed by atoms with Crippen molar-refractivity contribution in [1.29, 1.82) is 0 Å². The number of amides is 1. The lowest BCUT2D eigenvalue weighted by atomic mass is 10.1. The van der Waals surface area contributed by atoms with Gasteiger partial charge in [0.25, 0.3) is 0 Å². The van der Waals surface area contributed by atoms with Gasteiger partial charge in [-0.3, -0.25) is 9.69 Å². The van der Waals surface area contributed by atoms with Crippen LogP contribution in [0.25, 0.3) is 0 Å². The Hall–Kier alpha value is -1.88. The van der Waals surface area contributed by atoms with Crippen LogP contribution in [-0.2, 0) is 4.79 Å². The fraction of sp³-hybridized carbons (Fsp3) is 0.600. The second kappa shape index (κ2) is 10.2. The molecule has 5 nitrogen and oxygen atoms in total. The van der Waals surface area contributed by atoms with Crippen molar-refractivity contribution in [3.05, 3.63) is 30.3 Å². The van der Waals surface area contributed by atoms with Crippen LogP contribution in [0.2, 0.25) is 0 Å². The van der Waals surface area contributed by atoms with Crippen LogP contribution in [0.5, 0.6) is 0 Å². The third-order valence-electron chi connectivity index (χ3n) is 4.60. The normalized spacial score (nSPS) is 16.3. The van der Waals surface area contributed by atoms with Gasteiger partial charge < -0.3 is 4.90 Å². The van der Waals surface area contributed by atoms with Gasteiger partial charge in [0.2, 0.25) is 5.91 Å². The zero-order valence-electron chi connectivity index (χ0n) is 15.9. The van der Waals surface area contributed by atoms with Gasteiger partial charge in [0.05, 0.1) is 0 Å². The molecule has 0 atom stereocenters. The number of benzene rings is 1. The van der Waals surface area contributed by atoms with E-state index in [1.165, 1.54) is 5.69 Å². The van der Waals surface area contributed by atoms with E-state index < -0.39 is 0 Å². The summed E-state index contributed by atoms with van der Waals surface area (Å²) in [6.07, 6.45) is 2.56. The largest absolute Gasteiger partial charge is 0.369 e. The predicted octanol–water partition coefficient (Wildman–Crippen LogP) is 3.13. The summed E-state index contributed by atoms with van der Waals surface area (Å²) in [5.41, 5.74) is 4.97. The van der Waals surface area contributed by atoms with E-state index in [-0.39, 0.29) is 5.91 Å². The lowest BCUT2D eigenvalue weighted by Crippen LogP contribution is -2.47. The molecule has 1 amide bonds. The third-order valence-corrected chi connectivity index (χ3v) is 4.60. The van der Waals surface area contributed by atoms with E-state index in [0.29, 0.717) is 12.3 Å². The number of hydrazone groups is 1. The monoisotopic (exact) mass is 344 g/mol. The maximum Gasteiger partial charge on any atom is 0.241 e. The summed E-state index contributed by atoms with van der Waals surface area (Å²) in [6.45, 7) is 11.2. The highest BCUT2D eigenvalue weighted by Gasteiger charge is 2.17. The van der Waals surface area contributed by atoms with Crippen LogP contribution in [0.1, 0.15) is 40.0 Å². The number of piperazine rings is 1. The second-order valence-corrected chi connectivity index (χ2v) is 7.23. The standard InChI is InChI=1S/C20H32N4O/c1-17(2)9-10-18(3)21-22-20(25)11-12-23-13-15-24(16-14-23)19-7-5-4-6-8-19/h4-8,17H,9-16H2,1-3H3,(H,22,25)/b21-18+. The van der Waals surface area contributed by atoms with Gasteiger partial charge in [-0.15, -0.1) is 0 Å². The Morgan fingerprint density at radius 2 is 1.80 bits per heavy atom. The van der Waals surface area contributed by atoms with E-state index in [1.807, 2.05) is 13.0 Å². The minimum atomic E-state index is 0.00869. The first-order chi connectivity index (χ1) is 12.0. The Kier molecular flexibility index (Phi) is 7.92. The molecular weight excluding hydrogens is 312 g/mol. The summed E-state index contributed by atoms with van der Waals surface area (Å²) in [7, 11) is 0. The van der Waals surface area contributed by atoms with Crippen LogP contribution >= 0.6 is 0 Å². The average molecular weight is 345 g/mol. The number of para-hydroxylation sites is 1. The molecular formula is C20H32N4O. The highest BCUT2D eigenvalue weighted by molar-refractivity contribution is 5.84. The Bertz CT molecular complexity index is 548. The first-order valence-electron chi connectivity index (χ1n) is 9.39. The minimum absolute atomic E-state index is 0.00869. The fourth-order valence-corrected chi connectivity index (χ4v) is 2.90. The quantitative estimate of drug-likeness (QED) is 0.582. The lowest BCUT2D eigenvalue weighted by molar-refractivity contribution is -0.121. The molecule has 1 N–H and O–H groups in total. The van der Waals surface area contributed by atoms with Crippen LogP contribution < -0.4 is 10.3 Å². The van der Waals surface area contributed by atoms with Gasteiger partial charge >= 0.3 is 0 Å². The number of anilines is 1. The number of nitrogens with zero attached hydrogens (tertiary/aromatic N) is 3. The van der Waals surface area contributed by atoms with Crippen LogP contribution in [0, 0.1) is 5.92 Å². The number of hydrogen-bond acceptors (Lipinski definition) is 4. The molecule has 1 aromatic rings. The molecule has 1 aromatic carbocycles. The molecule has 1 aliphatic heterocycles. The zero-order chi connectivity index (χ0) is 18.1. The van der Waals surface area contributed by atoms with Crippen molar-refractivity contribution in [3.8, 4) is 0 Å². The molecule has 138 valence electrons. The molecule has 1 saturated heterocycles. The number of nitrogens with one attached hydrogen (secondary N) is 1. The minimum Gasteiger partial charge on any atom is -0.369 e. The number of carbonyl (C=O) groups excluding carboxylic acids is 1. The number of rotatable bonds is 8. The Balaban J connectivity index is 1.64. The molecule has 0 aliphatic carbocycles. The summed E-state index contributed by atoms with van der Waals surface area (Å²) in [5.74, 6) is 0.671.